The quantitative estimate of drug-likeness (QED) is 0.676. The third-order valence-electron chi connectivity index (χ3n) is 3.41. The minimum Gasteiger partial charge on any atom is -0.370 e. The average molecular weight is 287 g/mol. The maximum atomic E-state index is 4.23. The third-order valence-corrected chi connectivity index (χ3v) is 4.42. The van der Waals surface area contributed by atoms with Crippen LogP contribution in [-0.4, -0.2) is 24.2 Å². The number of hydrogen-bond acceptors (Lipinski definition) is 2. The van der Waals surface area contributed by atoms with Crippen molar-refractivity contribution >= 4 is 11.8 Å². The molecule has 108 valence electrons. The van der Waals surface area contributed by atoms with E-state index in [0.29, 0.717) is 5.92 Å². The Morgan fingerprint density at radius 3 is 2.80 bits per heavy atom. The molecule has 0 bridgehead atoms. The van der Waals surface area contributed by atoms with E-state index in [1.807, 2.05) is 17.8 Å². The Kier molecular flexibility index (Phi) is 6.66. The lowest BCUT2D eigenvalue weighted by Crippen LogP contribution is -2.18. The van der Waals surface area contributed by atoms with Crippen LogP contribution >= 0.6 is 11.8 Å². The molecule has 2 heteroatoms. The number of hydrogen-bond donors (Lipinski definition) is 0. The van der Waals surface area contributed by atoms with Gasteiger partial charge in [-0.05, 0) is 18.4 Å². The topological polar surface area (TPSA) is 3.24 Å². The highest BCUT2D eigenvalue weighted by Crippen LogP contribution is 2.29. The molecule has 1 rings (SSSR count). The van der Waals surface area contributed by atoms with Crippen LogP contribution in [0, 0.1) is 5.92 Å². The Labute approximate surface area is 128 Å². The molecule has 0 saturated carbocycles. The lowest BCUT2D eigenvalue weighted by molar-refractivity contribution is 0.479. The molecule has 1 aliphatic heterocycles. The summed E-state index contributed by atoms with van der Waals surface area (Å²) in [4.78, 5) is 3.41. The summed E-state index contributed by atoms with van der Waals surface area (Å²) in [5.41, 5.74) is 3.42. The summed E-state index contributed by atoms with van der Waals surface area (Å²) in [6.07, 6.45) is 10.6. The van der Waals surface area contributed by atoms with Crippen LogP contribution in [0.4, 0.5) is 0 Å². The molecule has 1 heterocycles. The van der Waals surface area contributed by atoms with E-state index >= 15 is 0 Å². The molecule has 0 amide bonds. The van der Waals surface area contributed by atoms with Crippen LogP contribution < -0.4 is 0 Å². The first-order chi connectivity index (χ1) is 9.45. The lowest BCUT2D eigenvalue weighted by atomic mass is 10.0. The molecule has 0 fully saturated rings. The van der Waals surface area contributed by atoms with Crippen molar-refractivity contribution in [3.8, 4) is 0 Å². The van der Waals surface area contributed by atoms with Crippen LogP contribution in [0.2, 0.25) is 0 Å². The summed E-state index contributed by atoms with van der Waals surface area (Å²) in [6, 6.07) is 0. The second kappa shape index (κ2) is 8.01. The second-order valence-electron chi connectivity index (χ2n) is 5.11. The van der Waals surface area contributed by atoms with Gasteiger partial charge in [0.25, 0.3) is 0 Å². The van der Waals surface area contributed by atoms with Gasteiger partial charge in [-0.3, -0.25) is 0 Å². The number of likely N-dealkylation sites (N-methyl/N-ethyl adjacent to an activating group) is 1. The van der Waals surface area contributed by atoms with Gasteiger partial charge in [0.1, 0.15) is 0 Å². The first-order valence-electron chi connectivity index (χ1n) is 6.85. The van der Waals surface area contributed by atoms with Crippen molar-refractivity contribution in [2.75, 3.05) is 19.3 Å². The van der Waals surface area contributed by atoms with E-state index in [1.54, 1.807) is 0 Å². The standard InChI is InChI=1S/C18H25NS/c1-7-17-9-8-11-19(6)16(5)18(20-12-10-17)13-15(4)14(2)3/h7-10,13,15H,1-2,5,11-12H2,3-4,6H3/b9-8?,17-10?,18-13+/t15-/m1/s1. The summed E-state index contributed by atoms with van der Waals surface area (Å²) in [5, 5.41) is 0. The number of rotatable bonds is 3. The second-order valence-corrected chi connectivity index (χ2v) is 6.18. The van der Waals surface area contributed by atoms with Crippen LogP contribution in [0.3, 0.4) is 0 Å². The molecule has 1 atom stereocenters. The van der Waals surface area contributed by atoms with E-state index in [9.17, 15) is 0 Å². The van der Waals surface area contributed by atoms with Gasteiger partial charge in [-0.2, -0.15) is 0 Å². The maximum absolute atomic E-state index is 4.23. The fraction of sp³-hybridized carbons (Fsp3) is 0.333. The normalized spacial score (nSPS) is 20.6. The van der Waals surface area contributed by atoms with Gasteiger partial charge in [0.05, 0.1) is 0 Å². The Morgan fingerprint density at radius 2 is 2.20 bits per heavy atom. The molecule has 1 nitrogen and oxygen atoms in total. The molecule has 0 saturated heterocycles. The highest BCUT2D eigenvalue weighted by Gasteiger charge is 2.11. The predicted molar refractivity (Wildman–Crippen MR) is 93.7 cm³/mol. The van der Waals surface area contributed by atoms with E-state index in [1.165, 1.54) is 16.1 Å². The Bertz CT molecular complexity index is 480. The fourth-order valence-corrected chi connectivity index (χ4v) is 2.77. The molecule has 0 aliphatic carbocycles. The minimum atomic E-state index is 0.365. The van der Waals surface area contributed by atoms with Crippen molar-refractivity contribution in [1.82, 2.24) is 4.90 Å². The first-order valence-corrected chi connectivity index (χ1v) is 7.83. The Hall–Kier alpha value is -1.41. The zero-order valence-corrected chi connectivity index (χ0v) is 13.7. The molecule has 0 aromatic heterocycles. The minimum absolute atomic E-state index is 0.365. The monoisotopic (exact) mass is 287 g/mol. The average Bonchev–Trinajstić information content (AvgIpc) is 2.42. The van der Waals surface area contributed by atoms with Gasteiger partial charge in [-0.15, -0.1) is 11.8 Å². The number of nitrogens with zero attached hydrogens (tertiary/aromatic N) is 1. The van der Waals surface area contributed by atoms with Crippen molar-refractivity contribution in [1.29, 1.82) is 0 Å². The van der Waals surface area contributed by atoms with Gasteiger partial charge < -0.3 is 4.90 Å². The molecule has 1 aliphatic rings. The molecule has 0 N–H and O–H groups in total. The van der Waals surface area contributed by atoms with Crippen LogP contribution in [0.1, 0.15) is 13.8 Å². The third kappa shape index (κ3) is 4.93. The van der Waals surface area contributed by atoms with Gasteiger partial charge in [0.2, 0.25) is 0 Å². The zero-order valence-electron chi connectivity index (χ0n) is 12.9. The zero-order chi connectivity index (χ0) is 15.1. The van der Waals surface area contributed by atoms with Crippen molar-refractivity contribution in [3.05, 3.63) is 71.9 Å². The fourth-order valence-electron chi connectivity index (χ4n) is 1.69. The Morgan fingerprint density at radius 1 is 1.50 bits per heavy atom. The van der Waals surface area contributed by atoms with E-state index in [4.69, 9.17) is 0 Å². The van der Waals surface area contributed by atoms with Gasteiger partial charge >= 0.3 is 0 Å². The molecule has 20 heavy (non-hydrogen) atoms. The molecular formula is C18H25NS. The SMILES string of the molecule is C=CC1=CCS/C(=C/[C@@H](C)C(=C)C)C(=C)N(C)CC=C1. The van der Waals surface area contributed by atoms with E-state index in [2.05, 4.69) is 69.8 Å². The van der Waals surface area contributed by atoms with Crippen LogP contribution in [0.25, 0.3) is 0 Å². The van der Waals surface area contributed by atoms with Gasteiger partial charge in [-0.25, -0.2) is 0 Å². The molecule has 0 radical (unpaired) electrons. The van der Waals surface area contributed by atoms with E-state index in [-0.39, 0.29) is 0 Å². The number of thioether (sulfide) groups is 1. The van der Waals surface area contributed by atoms with Gasteiger partial charge in [-0.1, -0.05) is 62.6 Å². The van der Waals surface area contributed by atoms with Crippen molar-refractivity contribution in [3.63, 3.8) is 0 Å². The summed E-state index contributed by atoms with van der Waals surface area (Å²) < 4.78 is 0. The molecule has 0 spiro atoms. The highest BCUT2D eigenvalue weighted by molar-refractivity contribution is 8.03. The number of allylic oxidation sites excluding steroid dienone is 5. The molecule has 0 aromatic carbocycles. The van der Waals surface area contributed by atoms with E-state index in [0.717, 1.165) is 18.0 Å². The van der Waals surface area contributed by atoms with Crippen LogP contribution in [-0.2, 0) is 0 Å². The predicted octanol–water partition coefficient (Wildman–Crippen LogP) is 4.94. The van der Waals surface area contributed by atoms with Crippen LogP contribution in [0.5, 0.6) is 0 Å². The Balaban J connectivity index is 3.02. The summed E-state index contributed by atoms with van der Waals surface area (Å²) in [5.74, 6) is 1.29. The largest absolute Gasteiger partial charge is 0.370 e. The van der Waals surface area contributed by atoms with Gasteiger partial charge in [0, 0.05) is 29.9 Å². The smallest absolute Gasteiger partial charge is 0.0428 e. The van der Waals surface area contributed by atoms with Crippen molar-refractivity contribution < 1.29 is 0 Å². The summed E-state index contributed by atoms with van der Waals surface area (Å²) in [6.45, 7) is 17.2. The molecular weight excluding hydrogens is 262 g/mol. The highest BCUT2D eigenvalue weighted by atomic mass is 32.2. The first kappa shape index (κ1) is 16.6. The summed E-state index contributed by atoms with van der Waals surface area (Å²) >= 11 is 1.82. The maximum Gasteiger partial charge on any atom is 0.0428 e. The van der Waals surface area contributed by atoms with Gasteiger partial charge in [0.15, 0.2) is 0 Å². The lowest BCUT2D eigenvalue weighted by Gasteiger charge is -2.23. The molecule has 0 aromatic rings. The van der Waals surface area contributed by atoms with Crippen LogP contribution in [0.15, 0.2) is 71.9 Å². The van der Waals surface area contributed by atoms with E-state index < -0.39 is 0 Å². The summed E-state index contributed by atoms with van der Waals surface area (Å²) in [7, 11) is 2.07. The van der Waals surface area contributed by atoms with Crippen molar-refractivity contribution in [2.24, 2.45) is 5.92 Å². The van der Waals surface area contributed by atoms with Crippen molar-refractivity contribution in [2.45, 2.75) is 13.8 Å². The molecule has 0 unspecified atom stereocenters.